The van der Waals surface area contributed by atoms with Crippen LogP contribution in [0.4, 0.5) is 0 Å². The van der Waals surface area contributed by atoms with Crippen molar-refractivity contribution in [2.75, 3.05) is 0 Å². The molecule has 2 nitrogen and oxygen atoms in total. The molecule has 0 amide bonds. The SMILES string of the molecule is Cc1ccc(OCc2ncccc2Br)cc1. The molecule has 0 saturated heterocycles. The Labute approximate surface area is 103 Å². The molecule has 0 N–H and O–H groups in total. The molecule has 0 spiro atoms. The van der Waals surface area contributed by atoms with Gasteiger partial charge in [-0.25, -0.2) is 0 Å². The van der Waals surface area contributed by atoms with Crippen molar-refractivity contribution in [2.24, 2.45) is 0 Å². The average molecular weight is 278 g/mol. The van der Waals surface area contributed by atoms with Crippen LogP contribution in [0.5, 0.6) is 5.75 Å². The molecule has 16 heavy (non-hydrogen) atoms. The number of hydrogen-bond acceptors (Lipinski definition) is 2. The number of benzene rings is 1. The number of aryl methyl sites for hydroxylation is 1. The molecule has 1 aromatic heterocycles. The van der Waals surface area contributed by atoms with Gasteiger partial charge in [-0.2, -0.15) is 0 Å². The fourth-order valence-electron chi connectivity index (χ4n) is 1.31. The van der Waals surface area contributed by atoms with Crippen LogP contribution >= 0.6 is 15.9 Å². The lowest BCUT2D eigenvalue weighted by Crippen LogP contribution is -1.98. The zero-order valence-electron chi connectivity index (χ0n) is 8.98. The molecule has 2 aromatic rings. The number of pyridine rings is 1. The summed E-state index contributed by atoms with van der Waals surface area (Å²) in [4.78, 5) is 4.24. The van der Waals surface area contributed by atoms with Crippen LogP contribution in [0.2, 0.25) is 0 Å². The standard InChI is InChI=1S/C13H12BrNO/c1-10-4-6-11(7-5-10)16-9-13-12(14)3-2-8-15-13/h2-8H,9H2,1H3. The molecule has 2 rings (SSSR count). The number of aromatic nitrogens is 1. The van der Waals surface area contributed by atoms with Crippen molar-refractivity contribution < 1.29 is 4.74 Å². The van der Waals surface area contributed by atoms with Crippen LogP contribution in [0.3, 0.4) is 0 Å². The Morgan fingerprint density at radius 1 is 1.19 bits per heavy atom. The van der Waals surface area contributed by atoms with E-state index in [1.165, 1.54) is 5.56 Å². The molecule has 0 radical (unpaired) electrons. The summed E-state index contributed by atoms with van der Waals surface area (Å²) in [5, 5.41) is 0. The van der Waals surface area contributed by atoms with Crippen LogP contribution in [-0.4, -0.2) is 4.98 Å². The van der Waals surface area contributed by atoms with Crippen molar-refractivity contribution in [3.05, 3.63) is 58.3 Å². The summed E-state index contributed by atoms with van der Waals surface area (Å²) in [6, 6.07) is 11.8. The van der Waals surface area contributed by atoms with Crippen molar-refractivity contribution in [3.8, 4) is 5.75 Å². The van der Waals surface area contributed by atoms with Gasteiger partial charge in [-0.15, -0.1) is 0 Å². The molecule has 0 saturated carbocycles. The van der Waals surface area contributed by atoms with Gasteiger partial charge >= 0.3 is 0 Å². The quantitative estimate of drug-likeness (QED) is 0.853. The van der Waals surface area contributed by atoms with Crippen molar-refractivity contribution in [2.45, 2.75) is 13.5 Å². The van der Waals surface area contributed by atoms with Crippen LogP contribution < -0.4 is 4.74 Å². The van der Waals surface area contributed by atoms with Crippen LogP contribution in [0.15, 0.2) is 47.1 Å². The lowest BCUT2D eigenvalue weighted by molar-refractivity contribution is 0.300. The molecule has 0 unspecified atom stereocenters. The summed E-state index contributed by atoms with van der Waals surface area (Å²) >= 11 is 3.44. The first-order chi connectivity index (χ1) is 7.75. The van der Waals surface area contributed by atoms with Crippen LogP contribution in [0.25, 0.3) is 0 Å². The van der Waals surface area contributed by atoms with Crippen molar-refractivity contribution in [1.29, 1.82) is 0 Å². The minimum Gasteiger partial charge on any atom is -0.487 e. The Balaban J connectivity index is 2.02. The first-order valence-electron chi connectivity index (χ1n) is 5.04. The predicted octanol–water partition coefficient (Wildman–Crippen LogP) is 3.73. The van der Waals surface area contributed by atoms with E-state index in [9.17, 15) is 0 Å². The third-order valence-corrected chi connectivity index (χ3v) is 2.95. The molecule has 82 valence electrons. The summed E-state index contributed by atoms with van der Waals surface area (Å²) in [6.07, 6.45) is 1.76. The molecular weight excluding hydrogens is 266 g/mol. The lowest BCUT2D eigenvalue weighted by atomic mass is 10.2. The van der Waals surface area contributed by atoms with E-state index in [-0.39, 0.29) is 0 Å². The van der Waals surface area contributed by atoms with Gasteiger partial charge in [-0.05, 0) is 47.1 Å². The molecule has 0 fully saturated rings. The summed E-state index contributed by atoms with van der Waals surface area (Å²) in [5.74, 6) is 0.864. The Morgan fingerprint density at radius 2 is 1.94 bits per heavy atom. The zero-order valence-corrected chi connectivity index (χ0v) is 10.6. The molecule has 0 aliphatic heterocycles. The van der Waals surface area contributed by atoms with E-state index in [4.69, 9.17) is 4.74 Å². The van der Waals surface area contributed by atoms with E-state index in [0.717, 1.165) is 15.9 Å². The van der Waals surface area contributed by atoms with Crippen molar-refractivity contribution in [1.82, 2.24) is 4.98 Å². The summed E-state index contributed by atoms with van der Waals surface area (Å²) in [7, 11) is 0. The van der Waals surface area contributed by atoms with Gasteiger partial charge in [0.1, 0.15) is 12.4 Å². The van der Waals surface area contributed by atoms with Gasteiger partial charge in [-0.3, -0.25) is 4.98 Å². The first-order valence-corrected chi connectivity index (χ1v) is 5.84. The molecule has 3 heteroatoms. The second-order valence-corrected chi connectivity index (χ2v) is 4.39. The maximum absolute atomic E-state index is 5.64. The van der Waals surface area contributed by atoms with Crippen LogP contribution in [-0.2, 0) is 6.61 Å². The number of nitrogens with zero attached hydrogens (tertiary/aromatic N) is 1. The number of ether oxygens (including phenoxy) is 1. The normalized spacial score (nSPS) is 10.1. The van der Waals surface area contributed by atoms with E-state index < -0.39 is 0 Å². The number of hydrogen-bond donors (Lipinski definition) is 0. The maximum atomic E-state index is 5.64. The van der Waals surface area contributed by atoms with Crippen LogP contribution in [0, 0.1) is 6.92 Å². The van der Waals surface area contributed by atoms with E-state index in [0.29, 0.717) is 6.61 Å². The Morgan fingerprint density at radius 3 is 2.62 bits per heavy atom. The summed E-state index contributed by atoms with van der Waals surface area (Å²) < 4.78 is 6.61. The van der Waals surface area contributed by atoms with Gasteiger partial charge in [0.25, 0.3) is 0 Å². The van der Waals surface area contributed by atoms with E-state index in [1.54, 1.807) is 6.20 Å². The van der Waals surface area contributed by atoms with Gasteiger partial charge < -0.3 is 4.74 Å². The Hall–Kier alpha value is -1.35. The molecule has 0 atom stereocenters. The average Bonchev–Trinajstić information content (AvgIpc) is 2.30. The highest BCUT2D eigenvalue weighted by Gasteiger charge is 2.01. The van der Waals surface area contributed by atoms with E-state index >= 15 is 0 Å². The number of halogens is 1. The molecule has 0 bridgehead atoms. The Bertz CT molecular complexity index is 468. The fourth-order valence-corrected chi connectivity index (χ4v) is 1.68. The van der Waals surface area contributed by atoms with Crippen LogP contribution in [0.1, 0.15) is 11.3 Å². The molecular formula is C13H12BrNO. The topological polar surface area (TPSA) is 22.1 Å². The lowest BCUT2D eigenvalue weighted by Gasteiger charge is -2.06. The molecule has 1 aromatic carbocycles. The monoisotopic (exact) mass is 277 g/mol. The molecule has 0 aliphatic rings. The first kappa shape index (κ1) is 11.1. The highest BCUT2D eigenvalue weighted by atomic mass is 79.9. The highest BCUT2D eigenvalue weighted by molar-refractivity contribution is 9.10. The van der Waals surface area contributed by atoms with E-state index in [1.807, 2.05) is 36.4 Å². The summed E-state index contributed by atoms with van der Waals surface area (Å²) in [5.41, 5.74) is 2.13. The minimum atomic E-state index is 0.477. The van der Waals surface area contributed by atoms with Gasteiger partial charge in [0, 0.05) is 10.7 Å². The van der Waals surface area contributed by atoms with Gasteiger partial charge in [-0.1, -0.05) is 17.7 Å². The zero-order chi connectivity index (χ0) is 11.4. The Kier molecular flexibility index (Phi) is 3.57. The second kappa shape index (κ2) is 5.12. The molecule has 1 heterocycles. The third-order valence-electron chi connectivity index (χ3n) is 2.23. The largest absolute Gasteiger partial charge is 0.487 e. The van der Waals surface area contributed by atoms with Gasteiger partial charge in [0.05, 0.1) is 5.69 Å². The predicted molar refractivity (Wildman–Crippen MR) is 67.4 cm³/mol. The smallest absolute Gasteiger partial charge is 0.131 e. The van der Waals surface area contributed by atoms with Crippen molar-refractivity contribution in [3.63, 3.8) is 0 Å². The second-order valence-electron chi connectivity index (χ2n) is 3.53. The van der Waals surface area contributed by atoms with Crippen molar-refractivity contribution >= 4 is 15.9 Å². The minimum absolute atomic E-state index is 0.477. The third kappa shape index (κ3) is 2.83. The molecule has 0 aliphatic carbocycles. The van der Waals surface area contributed by atoms with E-state index in [2.05, 4.69) is 27.8 Å². The van der Waals surface area contributed by atoms with Gasteiger partial charge in [0.15, 0.2) is 0 Å². The summed E-state index contributed by atoms with van der Waals surface area (Å²) in [6.45, 7) is 2.53. The fraction of sp³-hybridized carbons (Fsp3) is 0.154. The number of rotatable bonds is 3. The highest BCUT2D eigenvalue weighted by Crippen LogP contribution is 2.17. The maximum Gasteiger partial charge on any atom is 0.131 e. The van der Waals surface area contributed by atoms with Gasteiger partial charge in [0.2, 0.25) is 0 Å².